The monoisotopic (exact) mass is 294 g/mol. The first-order valence-corrected chi connectivity index (χ1v) is 6.46. The van der Waals surface area contributed by atoms with Gasteiger partial charge in [-0.3, -0.25) is 0 Å². The minimum Gasteiger partial charge on any atom is -0.494 e. The molecule has 1 heterocycles. The van der Waals surface area contributed by atoms with Crippen molar-refractivity contribution in [1.29, 1.82) is 0 Å². The van der Waals surface area contributed by atoms with Crippen molar-refractivity contribution in [3.63, 3.8) is 0 Å². The maximum Gasteiger partial charge on any atom is 0.178 e. The van der Waals surface area contributed by atoms with Gasteiger partial charge in [-0.2, -0.15) is 0 Å². The zero-order valence-electron chi connectivity index (χ0n) is 11.5. The van der Waals surface area contributed by atoms with Crippen LogP contribution in [0.15, 0.2) is 30.3 Å². The van der Waals surface area contributed by atoms with E-state index in [9.17, 15) is 8.78 Å². The van der Waals surface area contributed by atoms with Crippen LogP contribution in [0.5, 0.6) is 5.75 Å². The second-order valence-electron chi connectivity index (χ2n) is 4.29. The van der Waals surface area contributed by atoms with E-state index >= 15 is 0 Å². The summed E-state index contributed by atoms with van der Waals surface area (Å²) in [6.45, 7) is 2.65. The van der Waals surface area contributed by atoms with Crippen LogP contribution >= 0.6 is 0 Å². The van der Waals surface area contributed by atoms with Crippen LogP contribution in [0.1, 0.15) is 13.3 Å². The number of rotatable bonds is 6. The van der Waals surface area contributed by atoms with Gasteiger partial charge in [0.1, 0.15) is 5.75 Å². The zero-order chi connectivity index (χ0) is 15.2. The van der Waals surface area contributed by atoms with E-state index in [0.29, 0.717) is 18.4 Å². The van der Waals surface area contributed by atoms with Gasteiger partial charge < -0.3 is 15.5 Å². The molecule has 0 radical (unpaired) electrons. The van der Waals surface area contributed by atoms with Crippen molar-refractivity contribution in [2.75, 3.05) is 17.3 Å². The highest BCUT2D eigenvalue weighted by atomic mass is 19.1. The van der Waals surface area contributed by atoms with Gasteiger partial charge in [0.15, 0.2) is 23.3 Å². The molecule has 1 aromatic heterocycles. The van der Waals surface area contributed by atoms with E-state index in [0.717, 1.165) is 12.2 Å². The third kappa shape index (κ3) is 3.79. The van der Waals surface area contributed by atoms with E-state index in [4.69, 9.17) is 10.6 Å². The molecule has 0 saturated carbocycles. The Morgan fingerprint density at radius 1 is 1.14 bits per heavy atom. The highest BCUT2D eigenvalue weighted by Gasteiger charge is 2.11. The number of nitrogens with zero attached hydrogens (tertiary/aromatic N) is 1. The summed E-state index contributed by atoms with van der Waals surface area (Å²) in [7, 11) is 0. The summed E-state index contributed by atoms with van der Waals surface area (Å²) in [6, 6.07) is 7.64. The number of nitrogens with one attached hydrogen (secondary N) is 2. The lowest BCUT2D eigenvalue weighted by molar-refractivity contribution is 0.317. The molecule has 0 aliphatic carbocycles. The van der Waals surface area contributed by atoms with E-state index in [2.05, 4.69) is 15.7 Å². The molecule has 21 heavy (non-hydrogen) atoms. The summed E-state index contributed by atoms with van der Waals surface area (Å²) in [6.07, 6.45) is 0.916. The molecule has 1 aromatic carbocycles. The summed E-state index contributed by atoms with van der Waals surface area (Å²) in [4.78, 5) is 3.73. The molecule has 112 valence electrons. The van der Waals surface area contributed by atoms with Gasteiger partial charge in [-0.15, -0.1) is 0 Å². The van der Waals surface area contributed by atoms with Crippen LogP contribution in [0.4, 0.5) is 26.1 Å². The number of benzene rings is 1. The summed E-state index contributed by atoms with van der Waals surface area (Å²) >= 11 is 0. The van der Waals surface area contributed by atoms with E-state index in [1.54, 1.807) is 24.3 Å². The molecule has 0 amide bonds. The minimum absolute atomic E-state index is 0.119. The second kappa shape index (κ2) is 6.85. The molecule has 2 rings (SSSR count). The number of hydrazine groups is 1. The van der Waals surface area contributed by atoms with Gasteiger partial charge in [-0.25, -0.2) is 19.6 Å². The number of halogens is 2. The van der Waals surface area contributed by atoms with Crippen molar-refractivity contribution in [3.8, 4) is 5.75 Å². The van der Waals surface area contributed by atoms with Crippen molar-refractivity contribution < 1.29 is 13.5 Å². The van der Waals surface area contributed by atoms with Gasteiger partial charge >= 0.3 is 0 Å². The Hall–Kier alpha value is -2.41. The maximum atomic E-state index is 13.6. The summed E-state index contributed by atoms with van der Waals surface area (Å²) in [5.74, 6) is 3.81. The van der Waals surface area contributed by atoms with Crippen LogP contribution in [-0.2, 0) is 0 Å². The van der Waals surface area contributed by atoms with Gasteiger partial charge in [-0.1, -0.05) is 6.92 Å². The molecule has 0 saturated heterocycles. The fraction of sp³-hybridized carbons (Fsp3) is 0.214. The molecule has 0 aliphatic heterocycles. The van der Waals surface area contributed by atoms with Gasteiger partial charge in [0, 0.05) is 11.8 Å². The molecule has 4 N–H and O–H groups in total. The van der Waals surface area contributed by atoms with Crippen LogP contribution in [0.2, 0.25) is 0 Å². The molecule has 0 bridgehead atoms. The third-order valence-corrected chi connectivity index (χ3v) is 2.66. The molecular weight excluding hydrogens is 278 g/mol. The Kier molecular flexibility index (Phi) is 4.89. The quantitative estimate of drug-likeness (QED) is 0.564. The van der Waals surface area contributed by atoms with Crippen molar-refractivity contribution in [3.05, 3.63) is 42.0 Å². The minimum atomic E-state index is -0.858. The summed E-state index contributed by atoms with van der Waals surface area (Å²) in [5, 5.41) is 2.75. The highest BCUT2D eigenvalue weighted by Crippen LogP contribution is 2.23. The van der Waals surface area contributed by atoms with Crippen LogP contribution < -0.4 is 21.3 Å². The van der Waals surface area contributed by atoms with Crippen molar-refractivity contribution in [2.24, 2.45) is 5.84 Å². The van der Waals surface area contributed by atoms with Crippen LogP contribution in [0, 0.1) is 11.6 Å². The number of ether oxygens (including phenoxy) is 1. The SMILES string of the molecule is CCCOc1ccc(Nc2nc(NN)c(F)cc2F)cc1. The molecule has 0 unspecified atom stereocenters. The topological polar surface area (TPSA) is 72.2 Å². The van der Waals surface area contributed by atoms with Gasteiger partial charge in [0.25, 0.3) is 0 Å². The fourth-order valence-corrected chi connectivity index (χ4v) is 1.65. The maximum absolute atomic E-state index is 13.6. The number of nitrogens with two attached hydrogens (primary N) is 1. The lowest BCUT2D eigenvalue weighted by Gasteiger charge is -2.10. The van der Waals surface area contributed by atoms with Crippen molar-refractivity contribution in [1.82, 2.24) is 4.98 Å². The average Bonchev–Trinajstić information content (AvgIpc) is 2.49. The zero-order valence-corrected chi connectivity index (χ0v) is 11.5. The number of hydrogen-bond acceptors (Lipinski definition) is 5. The lowest BCUT2D eigenvalue weighted by Crippen LogP contribution is -2.12. The number of aromatic nitrogens is 1. The molecule has 0 atom stereocenters. The van der Waals surface area contributed by atoms with Crippen LogP contribution in [0.25, 0.3) is 0 Å². The molecule has 0 spiro atoms. The molecule has 0 fully saturated rings. The summed E-state index contributed by atoms with van der Waals surface area (Å²) in [5.41, 5.74) is 2.67. The largest absolute Gasteiger partial charge is 0.494 e. The number of anilines is 3. The van der Waals surface area contributed by atoms with Gasteiger partial charge in [0.05, 0.1) is 6.61 Å². The molecule has 0 aliphatic rings. The van der Waals surface area contributed by atoms with E-state index in [1.165, 1.54) is 0 Å². The predicted octanol–water partition coefficient (Wildman–Crippen LogP) is 3.18. The Morgan fingerprint density at radius 3 is 2.43 bits per heavy atom. The van der Waals surface area contributed by atoms with Gasteiger partial charge in [0.2, 0.25) is 0 Å². The van der Waals surface area contributed by atoms with E-state index in [1.807, 2.05) is 6.92 Å². The molecule has 2 aromatic rings. The van der Waals surface area contributed by atoms with Crippen LogP contribution in [0.3, 0.4) is 0 Å². The first-order chi connectivity index (χ1) is 10.1. The standard InChI is InChI=1S/C14H16F2N4O/c1-2-7-21-10-5-3-9(4-6-10)18-13-11(15)8-12(16)14(19-13)20-17/h3-6,8H,2,7,17H2,1H3,(H2,18,19,20). The molecule has 5 nitrogen and oxygen atoms in total. The molecule has 7 heteroatoms. The van der Waals surface area contributed by atoms with Crippen molar-refractivity contribution in [2.45, 2.75) is 13.3 Å². The fourth-order valence-electron chi connectivity index (χ4n) is 1.65. The normalized spacial score (nSPS) is 10.3. The Labute approximate surface area is 121 Å². The number of hydrogen-bond donors (Lipinski definition) is 3. The Bertz CT molecular complexity index is 605. The lowest BCUT2D eigenvalue weighted by atomic mass is 10.3. The molecular formula is C14H16F2N4O. The van der Waals surface area contributed by atoms with E-state index in [-0.39, 0.29) is 11.6 Å². The van der Waals surface area contributed by atoms with E-state index < -0.39 is 11.6 Å². The first-order valence-electron chi connectivity index (χ1n) is 6.46. The summed E-state index contributed by atoms with van der Waals surface area (Å²) < 4.78 is 32.3. The highest BCUT2D eigenvalue weighted by molar-refractivity contribution is 5.59. The average molecular weight is 294 g/mol. The number of pyridine rings is 1. The first kappa shape index (κ1) is 15.0. The van der Waals surface area contributed by atoms with Crippen molar-refractivity contribution >= 4 is 17.3 Å². The number of nitrogen functional groups attached to an aromatic ring is 1. The predicted molar refractivity (Wildman–Crippen MR) is 77.5 cm³/mol. The Balaban J connectivity index is 2.14. The van der Waals surface area contributed by atoms with Crippen LogP contribution in [-0.4, -0.2) is 11.6 Å². The smallest absolute Gasteiger partial charge is 0.178 e. The van der Waals surface area contributed by atoms with Gasteiger partial charge in [-0.05, 0) is 30.7 Å². The Morgan fingerprint density at radius 2 is 1.81 bits per heavy atom. The third-order valence-electron chi connectivity index (χ3n) is 2.66. The second-order valence-corrected chi connectivity index (χ2v) is 4.29.